The van der Waals surface area contributed by atoms with Crippen molar-refractivity contribution < 1.29 is 0 Å². The second kappa shape index (κ2) is 6.78. The van der Waals surface area contributed by atoms with E-state index >= 15 is 0 Å². The largest absolute Gasteiger partial charge is 0.0804 e. The molecule has 1 aliphatic rings. The Morgan fingerprint density at radius 3 is 1.69 bits per heavy atom. The lowest BCUT2D eigenvalue weighted by molar-refractivity contribution is 0.589. The minimum absolute atomic E-state index is 0.0307. The number of hydrogen-bond acceptors (Lipinski definition) is 0. The van der Waals surface area contributed by atoms with Gasteiger partial charge in [-0.1, -0.05) is 103 Å². The molecule has 0 amide bonds. The second-order valence-electron chi connectivity index (χ2n) is 8.37. The normalized spacial score (nSPS) is 17.5. The molecule has 3 rings (SSSR count). The van der Waals surface area contributed by atoms with Crippen LogP contribution in [0, 0.1) is 0 Å². The second-order valence-corrected chi connectivity index (χ2v) is 11.6. The molecule has 0 saturated carbocycles. The Labute approximate surface area is 176 Å². The Bertz CT molecular complexity index is 826. The van der Waals surface area contributed by atoms with Crippen molar-refractivity contribution in [1.82, 2.24) is 0 Å². The van der Waals surface area contributed by atoms with E-state index in [1.54, 1.807) is 0 Å². The molecule has 1 atom stereocenters. The van der Waals surface area contributed by atoms with E-state index in [1.165, 1.54) is 33.4 Å². The molecule has 0 N–H and O–H groups in total. The molecule has 0 radical (unpaired) electrons. The Balaban J connectivity index is 2.16. The van der Waals surface area contributed by atoms with Gasteiger partial charge in [0.15, 0.2) is 0 Å². The minimum Gasteiger partial charge on any atom is -0.0804 e. The van der Waals surface area contributed by atoms with Crippen molar-refractivity contribution >= 4 is 31.9 Å². The molecule has 0 spiro atoms. The lowest BCUT2D eigenvalue weighted by atomic mass is 9.79. The van der Waals surface area contributed by atoms with E-state index in [0.717, 1.165) is 19.3 Å². The summed E-state index contributed by atoms with van der Waals surface area (Å²) in [6.45, 7) is 13.8. The molecule has 2 aromatic rings. The van der Waals surface area contributed by atoms with Crippen LogP contribution in [-0.2, 0) is 14.1 Å². The van der Waals surface area contributed by atoms with Gasteiger partial charge in [-0.15, -0.1) is 0 Å². The van der Waals surface area contributed by atoms with Crippen molar-refractivity contribution in [2.75, 3.05) is 0 Å². The average molecular weight is 478 g/mol. The standard InChI is InChI=1S/C24H30Br2/c1-7-23(6,25)16-10-12-18-19-13-11-17(24(26,8-2)9-3)15-21(19)22(4,5)20(18)14-16/h10-15H,7-9H2,1-6H3. The van der Waals surface area contributed by atoms with Crippen LogP contribution >= 0.6 is 31.9 Å². The quantitative estimate of drug-likeness (QED) is 0.379. The van der Waals surface area contributed by atoms with Gasteiger partial charge in [0.1, 0.15) is 0 Å². The summed E-state index contributed by atoms with van der Waals surface area (Å²) in [6.07, 6.45) is 3.26. The van der Waals surface area contributed by atoms with Crippen molar-refractivity contribution in [2.45, 2.75) is 74.9 Å². The van der Waals surface area contributed by atoms with Gasteiger partial charge >= 0.3 is 0 Å². The first kappa shape index (κ1) is 20.1. The van der Waals surface area contributed by atoms with Crippen molar-refractivity contribution in [3.8, 4) is 11.1 Å². The van der Waals surface area contributed by atoms with Crippen LogP contribution in [0.5, 0.6) is 0 Å². The predicted octanol–water partition coefficient (Wildman–Crippen LogP) is 8.42. The van der Waals surface area contributed by atoms with Crippen LogP contribution in [0.2, 0.25) is 0 Å². The highest BCUT2D eigenvalue weighted by molar-refractivity contribution is 9.09. The van der Waals surface area contributed by atoms with Gasteiger partial charge < -0.3 is 0 Å². The van der Waals surface area contributed by atoms with Crippen molar-refractivity contribution in [3.63, 3.8) is 0 Å². The first-order chi connectivity index (χ1) is 12.1. The Hall–Kier alpha value is -0.600. The van der Waals surface area contributed by atoms with Crippen LogP contribution in [0.3, 0.4) is 0 Å². The van der Waals surface area contributed by atoms with E-state index in [-0.39, 0.29) is 14.1 Å². The summed E-state index contributed by atoms with van der Waals surface area (Å²) >= 11 is 7.93. The van der Waals surface area contributed by atoms with Gasteiger partial charge in [-0.2, -0.15) is 0 Å². The van der Waals surface area contributed by atoms with Gasteiger partial charge in [-0.3, -0.25) is 0 Å². The molecular weight excluding hydrogens is 448 g/mol. The SMILES string of the molecule is CCC(C)(Br)c1ccc2c(c1)C(C)(C)c1cc(C(Br)(CC)CC)ccc1-2. The van der Waals surface area contributed by atoms with Gasteiger partial charge in [0.05, 0.1) is 4.32 Å². The number of halogens is 2. The van der Waals surface area contributed by atoms with Crippen LogP contribution in [0.1, 0.15) is 83.1 Å². The maximum absolute atomic E-state index is 4.01. The smallest absolute Gasteiger partial charge is 0.0500 e. The summed E-state index contributed by atoms with van der Waals surface area (Å²) in [5.41, 5.74) is 8.51. The zero-order valence-corrected chi connectivity index (χ0v) is 20.0. The summed E-state index contributed by atoms with van der Waals surface area (Å²) in [6, 6.07) is 14.2. The van der Waals surface area contributed by atoms with Gasteiger partial charge in [0, 0.05) is 9.74 Å². The average Bonchev–Trinajstić information content (AvgIpc) is 2.88. The van der Waals surface area contributed by atoms with Crippen LogP contribution < -0.4 is 0 Å². The fourth-order valence-electron chi connectivity index (χ4n) is 4.20. The van der Waals surface area contributed by atoms with Gasteiger partial charge in [0.25, 0.3) is 0 Å². The van der Waals surface area contributed by atoms with E-state index < -0.39 is 0 Å². The summed E-state index contributed by atoms with van der Waals surface area (Å²) in [5, 5.41) is 0. The van der Waals surface area contributed by atoms with E-state index in [0.29, 0.717) is 0 Å². The summed E-state index contributed by atoms with van der Waals surface area (Å²) < 4.78 is 0.113. The third-order valence-electron chi connectivity index (χ3n) is 6.58. The van der Waals surface area contributed by atoms with Crippen molar-refractivity contribution in [1.29, 1.82) is 0 Å². The van der Waals surface area contributed by atoms with Crippen LogP contribution in [-0.4, -0.2) is 0 Å². The fourth-order valence-corrected chi connectivity index (χ4v) is 4.70. The Morgan fingerprint density at radius 1 is 0.769 bits per heavy atom. The summed E-state index contributed by atoms with van der Waals surface area (Å²) in [4.78, 5) is 0. The minimum atomic E-state index is 0.0307. The van der Waals surface area contributed by atoms with E-state index in [1.807, 2.05) is 0 Å². The third-order valence-corrected chi connectivity index (χ3v) is 9.18. The van der Waals surface area contributed by atoms with Gasteiger partial charge in [-0.05, 0) is 59.6 Å². The number of rotatable bonds is 5. The molecule has 140 valence electrons. The van der Waals surface area contributed by atoms with Crippen molar-refractivity contribution in [2.24, 2.45) is 0 Å². The van der Waals surface area contributed by atoms with E-state index in [2.05, 4.69) is 110 Å². The number of fused-ring (bicyclic) bond motifs is 3. The molecule has 0 aromatic heterocycles. The molecule has 0 fully saturated rings. The molecule has 1 unspecified atom stereocenters. The number of hydrogen-bond donors (Lipinski definition) is 0. The number of benzene rings is 2. The predicted molar refractivity (Wildman–Crippen MR) is 122 cm³/mol. The molecule has 0 aliphatic heterocycles. The molecule has 0 saturated heterocycles. The van der Waals surface area contributed by atoms with Crippen LogP contribution in [0.4, 0.5) is 0 Å². The Kier molecular flexibility index (Phi) is 5.25. The molecule has 2 aromatic carbocycles. The maximum Gasteiger partial charge on any atom is 0.0500 e. The summed E-state index contributed by atoms with van der Waals surface area (Å²) in [5.74, 6) is 0. The third kappa shape index (κ3) is 3.02. The highest BCUT2D eigenvalue weighted by Crippen LogP contribution is 2.52. The van der Waals surface area contributed by atoms with Crippen molar-refractivity contribution in [3.05, 3.63) is 58.7 Å². The molecular formula is C24H30Br2. The maximum atomic E-state index is 4.01. The highest BCUT2D eigenvalue weighted by Gasteiger charge is 2.38. The van der Waals surface area contributed by atoms with Crippen LogP contribution in [0.25, 0.3) is 11.1 Å². The molecule has 26 heavy (non-hydrogen) atoms. The molecule has 0 heterocycles. The molecule has 0 nitrogen and oxygen atoms in total. The fraction of sp³-hybridized carbons (Fsp3) is 0.500. The first-order valence-corrected chi connectivity index (χ1v) is 11.4. The molecule has 0 bridgehead atoms. The first-order valence-electron chi connectivity index (χ1n) is 9.79. The lowest BCUT2D eigenvalue weighted by Crippen LogP contribution is -2.20. The van der Waals surface area contributed by atoms with Gasteiger partial charge in [-0.25, -0.2) is 0 Å². The topological polar surface area (TPSA) is 0 Å². The zero-order chi connectivity index (χ0) is 19.3. The van der Waals surface area contributed by atoms with Crippen LogP contribution in [0.15, 0.2) is 36.4 Å². The molecule has 2 heteroatoms. The monoisotopic (exact) mass is 476 g/mol. The van der Waals surface area contributed by atoms with Gasteiger partial charge in [0.2, 0.25) is 0 Å². The number of alkyl halides is 2. The van der Waals surface area contributed by atoms with E-state index in [4.69, 9.17) is 0 Å². The highest BCUT2D eigenvalue weighted by atomic mass is 79.9. The lowest BCUT2D eigenvalue weighted by Gasteiger charge is -2.28. The summed E-state index contributed by atoms with van der Waals surface area (Å²) in [7, 11) is 0. The molecule has 1 aliphatic carbocycles. The Morgan fingerprint density at radius 2 is 1.23 bits per heavy atom. The van der Waals surface area contributed by atoms with E-state index in [9.17, 15) is 0 Å². The zero-order valence-electron chi connectivity index (χ0n) is 16.8.